The smallest absolute Gasteiger partial charge is 0.194 e. The first-order chi connectivity index (χ1) is 13.2. The predicted octanol–water partition coefficient (Wildman–Crippen LogP) is 3.67. The molecule has 0 radical (unpaired) electrons. The monoisotopic (exact) mass is 377 g/mol. The fraction of sp³-hybridized carbons (Fsp3) is 0.667. The summed E-state index contributed by atoms with van der Waals surface area (Å²) in [6.07, 6.45) is 7.77. The number of hydrogen-bond acceptors (Lipinski definition) is 3. The van der Waals surface area contributed by atoms with E-state index in [0.717, 1.165) is 56.5 Å². The summed E-state index contributed by atoms with van der Waals surface area (Å²) in [5, 5.41) is 12.6. The van der Waals surface area contributed by atoms with E-state index >= 15 is 0 Å². The van der Waals surface area contributed by atoms with E-state index in [4.69, 9.17) is 4.74 Å². The molecule has 0 bridgehead atoms. The van der Waals surface area contributed by atoms with Gasteiger partial charge in [-0.3, -0.25) is 0 Å². The number of rotatable bonds is 6. The minimum Gasteiger partial charge on any atom is -0.505 e. The first kappa shape index (κ1) is 19.9. The van der Waals surface area contributed by atoms with E-state index in [1.54, 1.807) is 6.07 Å². The van der Waals surface area contributed by atoms with Gasteiger partial charge in [-0.05, 0) is 56.2 Å². The van der Waals surface area contributed by atoms with E-state index in [0.29, 0.717) is 12.6 Å². The lowest BCUT2D eigenvalue weighted by molar-refractivity contribution is 0.00101. The molecule has 2 N–H and O–H groups in total. The Morgan fingerprint density at radius 1 is 1.26 bits per heavy atom. The van der Waals surface area contributed by atoms with E-state index in [2.05, 4.69) is 15.2 Å². The largest absolute Gasteiger partial charge is 0.505 e. The van der Waals surface area contributed by atoms with Gasteiger partial charge in [0.25, 0.3) is 0 Å². The summed E-state index contributed by atoms with van der Waals surface area (Å²) < 4.78 is 19.7. The van der Waals surface area contributed by atoms with Crippen molar-refractivity contribution >= 4 is 5.96 Å². The highest BCUT2D eigenvalue weighted by Crippen LogP contribution is 2.26. The molecule has 1 saturated carbocycles. The van der Waals surface area contributed by atoms with Crippen molar-refractivity contribution in [1.82, 2.24) is 10.2 Å². The van der Waals surface area contributed by atoms with Crippen LogP contribution in [-0.4, -0.2) is 48.3 Å². The van der Waals surface area contributed by atoms with Crippen molar-refractivity contribution in [2.24, 2.45) is 10.9 Å². The third kappa shape index (κ3) is 5.83. The zero-order valence-electron chi connectivity index (χ0n) is 16.3. The molecule has 3 rings (SSSR count). The number of likely N-dealkylation sites (tertiary alicyclic amines) is 1. The minimum absolute atomic E-state index is 0.325. The molecule has 0 atom stereocenters. The summed E-state index contributed by atoms with van der Waals surface area (Å²) in [6.45, 7) is 5.99. The number of phenols is 1. The van der Waals surface area contributed by atoms with Gasteiger partial charge in [0, 0.05) is 26.2 Å². The number of piperidine rings is 1. The molecule has 150 valence electrons. The SMILES string of the molecule is CCNC(=NCc1ccc(O)c(F)c1)N1CCC(OCC2CCCC2)CC1. The molecule has 1 heterocycles. The molecule has 0 amide bonds. The summed E-state index contributed by atoms with van der Waals surface area (Å²) in [7, 11) is 0. The lowest BCUT2D eigenvalue weighted by atomic mass is 10.1. The third-order valence-electron chi connectivity index (χ3n) is 5.54. The standard InChI is InChI=1S/C21H32FN3O2/c1-2-23-21(24-14-17-7-8-20(26)19(22)13-17)25-11-9-18(10-12-25)27-15-16-5-3-4-6-16/h7-8,13,16,18,26H,2-6,9-12,14-15H2,1H3,(H,23,24). The van der Waals surface area contributed by atoms with Crippen LogP contribution in [0.4, 0.5) is 4.39 Å². The van der Waals surface area contributed by atoms with Crippen molar-refractivity contribution in [3.63, 3.8) is 0 Å². The third-order valence-corrected chi connectivity index (χ3v) is 5.54. The van der Waals surface area contributed by atoms with Gasteiger partial charge in [0.2, 0.25) is 0 Å². The number of nitrogens with zero attached hydrogens (tertiary/aromatic N) is 2. The second kappa shape index (κ2) is 9.93. The second-order valence-electron chi connectivity index (χ2n) is 7.63. The van der Waals surface area contributed by atoms with Crippen molar-refractivity contribution in [2.75, 3.05) is 26.2 Å². The van der Waals surface area contributed by atoms with Crippen LogP contribution in [0.3, 0.4) is 0 Å². The molecule has 0 unspecified atom stereocenters. The van der Waals surface area contributed by atoms with Crippen LogP contribution >= 0.6 is 0 Å². The number of benzene rings is 1. The molecule has 1 saturated heterocycles. The van der Waals surface area contributed by atoms with E-state index in [1.165, 1.54) is 37.8 Å². The number of ether oxygens (including phenoxy) is 1. The van der Waals surface area contributed by atoms with Crippen LogP contribution in [0.5, 0.6) is 5.75 Å². The van der Waals surface area contributed by atoms with E-state index < -0.39 is 5.82 Å². The van der Waals surface area contributed by atoms with Gasteiger partial charge in [-0.15, -0.1) is 0 Å². The number of halogens is 1. The fourth-order valence-corrected chi connectivity index (χ4v) is 3.92. The Balaban J connectivity index is 1.50. The van der Waals surface area contributed by atoms with Gasteiger partial charge >= 0.3 is 0 Å². The van der Waals surface area contributed by atoms with Crippen molar-refractivity contribution in [1.29, 1.82) is 0 Å². The molecule has 5 nitrogen and oxygen atoms in total. The fourth-order valence-electron chi connectivity index (χ4n) is 3.92. The highest BCUT2D eigenvalue weighted by atomic mass is 19.1. The molecule has 1 aromatic carbocycles. The summed E-state index contributed by atoms with van der Waals surface area (Å²) >= 11 is 0. The summed E-state index contributed by atoms with van der Waals surface area (Å²) in [5.41, 5.74) is 0.746. The molecule has 1 aromatic rings. The highest BCUT2D eigenvalue weighted by Gasteiger charge is 2.23. The quantitative estimate of drug-likeness (QED) is 0.587. The predicted molar refractivity (Wildman–Crippen MR) is 105 cm³/mol. The minimum atomic E-state index is -0.604. The average molecular weight is 378 g/mol. The van der Waals surface area contributed by atoms with Crippen LogP contribution in [-0.2, 0) is 11.3 Å². The van der Waals surface area contributed by atoms with E-state index in [-0.39, 0.29) is 5.75 Å². The number of nitrogens with one attached hydrogen (secondary N) is 1. The second-order valence-corrected chi connectivity index (χ2v) is 7.63. The van der Waals surface area contributed by atoms with Gasteiger partial charge < -0.3 is 20.1 Å². The first-order valence-electron chi connectivity index (χ1n) is 10.3. The Kier molecular flexibility index (Phi) is 7.33. The van der Waals surface area contributed by atoms with Gasteiger partial charge in [-0.2, -0.15) is 0 Å². The number of guanidine groups is 1. The summed E-state index contributed by atoms with van der Waals surface area (Å²) in [6, 6.07) is 4.42. The molecular formula is C21H32FN3O2. The number of aliphatic imine (C=N–C) groups is 1. The Labute approximate surface area is 161 Å². The van der Waals surface area contributed by atoms with Gasteiger partial charge in [-0.1, -0.05) is 18.9 Å². The molecular weight excluding hydrogens is 345 g/mol. The van der Waals surface area contributed by atoms with Gasteiger partial charge in [0.05, 0.1) is 12.6 Å². The van der Waals surface area contributed by atoms with Crippen molar-refractivity contribution in [3.8, 4) is 5.75 Å². The zero-order chi connectivity index (χ0) is 19.1. The number of hydrogen-bond donors (Lipinski definition) is 2. The van der Waals surface area contributed by atoms with Crippen LogP contribution in [0.1, 0.15) is 51.0 Å². The lowest BCUT2D eigenvalue weighted by Crippen LogP contribution is -2.47. The van der Waals surface area contributed by atoms with Crippen molar-refractivity contribution in [3.05, 3.63) is 29.6 Å². The van der Waals surface area contributed by atoms with Gasteiger partial charge in [-0.25, -0.2) is 9.38 Å². The van der Waals surface area contributed by atoms with Crippen molar-refractivity contribution in [2.45, 2.75) is 58.1 Å². The molecule has 0 spiro atoms. The van der Waals surface area contributed by atoms with Crippen molar-refractivity contribution < 1.29 is 14.2 Å². The summed E-state index contributed by atoms with van der Waals surface area (Å²) in [4.78, 5) is 6.91. The highest BCUT2D eigenvalue weighted by molar-refractivity contribution is 5.80. The maximum absolute atomic E-state index is 13.5. The molecule has 0 aromatic heterocycles. The van der Waals surface area contributed by atoms with Crippen LogP contribution in [0.2, 0.25) is 0 Å². The topological polar surface area (TPSA) is 57.1 Å². The normalized spacial score (nSPS) is 19.6. The number of aromatic hydroxyl groups is 1. The van der Waals surface area contributed by atoms with Crippen LogP contribution in [0.15, 0.2) is 23.2 Å². The lowest BCUT2D eigenvalue weighted by Gasteiger charge is -2.34. The molecule has 1 aliphatic heterocycles. The first-order valence-corrected chi connectivity index (χ1v) is 10.3. The molecule has 2 fully saturated rings. The average Bonchev–Trinajstić information content (AvgIpc) is 3.20. The Bertz CT molecular complexity index is 624. The molecule has 2 aliphatic rings. The van der Waals surface area contributed by atoms with E-state index in [1.807, 2.05) is 6.92 Å². The zero-order valence-corrected chi connectivity index (χ0v) is 16.3. The molecule has 6 heteroatoms. The Hall–Kier alpha value is -1.82. The van der Waals surface area contributed by atoms with Crippen LogP contribution < -0.4 is 5.32 Å². The molecule has 1 aliphatic carbocycles. The maximum atomic E-state index is 13.5. The van der Waals surface area contributed by atoms with E-state index in [9.17, 15) is 9.50 Å². The maximum Gasteiger partial charge on any atom is 0.194 e. The summed E-state index contributed by atoms with van der Waals surface area (Å²) in [5.74, 6) is 0.704. The Morgan fingerprint density at radius 3 is 2.67 bits per heavy atom. The van der Waals surface area contributed by atoms with Gasteiger partial charge in [0.1, 0.15) is 0 Å². The van der Waals surface area contributed by atoms with Crippen LogP contribution in [0, 0.1) is 11.7 Å². The molecule has 27 heavy (non-hydrogen) atoms. The number of phenolic OH excluding ortho intramolecular Hbond substituents is 1. The Morgan fingerprint density at radius 2 is 2.00 bits per heavy atom. The van der Waals surface area contributed by atoms with Crippen LogP contribution in [0.25, 0.3) is 0 Å². The van der Waals surface area contributed by atoms with Gasteiger partial charge in [0.15, 0.2) is 17.5 Å².